The zero-order chi connectivity index (χ0) is 17.5. The Labute approximate surface area is 143 Å². The van der Waals surface area contributed by atoms with Crippen LogP contribution in [0.4, 0.5) is 4.39 Å². The summed E-state index contributed by atoms with van der Waals surface area (Å²) in [6, 6.07) is 10.6. The zero-order valence-corrected chi connectivity index (χ0v) is 15.7. The zero-order valence-electron chi connectivity index (χ0n) is 14.7. The Kier molecular flexibility index (Phi) is 4.34. The van der Waals surface area contributed by atoms with E-state index in [2.05, 4.69) is 30.3 Å². The second-order valence-electron chi connectivity index (χ2n) is 7.29. The van der Waals surface area contributed by atoms with E-state index >= 15 is 0 Å². The lowest BCUT2D eigenvalue weighted by molar-refractivity contribution is 0.0763. The molecule has 0 bridgehead atoms. The highest BCUT2D eigenvalue weighted by Crippen LogP contribution is 2.30. The maximum absolute atomic E-state index is 14.3. The van der Waals surface area contributed by atoms with Crippen molar-refractivity contribution in [1.82, 2.24) is 14.7 Å². The summed E-state index contributed by atoms with van der Waals surface area (Å²) in [6.45, 7) is 6.22. The topological polar surface area (TPSA) is 38.1 Å². The molecule has 0 radical (unpaired) electrons. The molecule has 1 amide bonds. The summed E-state index contributed by atoms with van der Waals surface area (Å²) < 4.78 is 15.5. The van der Waals surface area contributed by atoms with Crippen molar-refractivity contribution in [2.45, 2.75) is 38.9 Å². The van der Waals surface area contributed by atoms with Gasteiger partial charge in [-0.3, -0.25) is 4.79 Å². The molecule has 6 heteroatoms. The number of rotatable bonds is 5. The van der Waals surface area contributed by atoms with Gasteiger partial charge in [-0.15, -0.1) is 0 Å². The minimum absolute atomic E-state index is 0.127. The van der Waals surface area contributed by atoms with Gasteiger partial charge in [-0.2, -0.15) is 9.49 Å². The van der Waals surface area contributed by atoms with Crippen molar-refractivity contribution in [3.05, 3.63) is 47.5 Å². The van der Waals surface area contributed by atoms with Gasteiger partial charge in [0.05, 0.1) is 5.69 Å². The molecule has 1 aromatic heterocycles. The molecule has 0 N–H and O–H groups in total. The smallest absolute Gasteiger partial charge is 0.260 e. The van der Waals surface area contributed by atoms with Crippen molar-refractivity contribution >= 4 is 19.2 Å². The van der Waals surface area contributed by atoms with Gasteiger partial charge >= 0.3 is 0 Å². The highest BCUT2D eigenvalue weighted by atomic mass is 28.3. The van der Waals surface area contributed by atoms with Crippen LogP contribution in [0.25, 0.3) is 0 Å². The van der Waals surface area contributed by atoms with Crippen LogP contribution in [0.5, 0.6) is 0 Å². The van der Waals surface area contributed by atoms with Crippen LogP contribution in [-0.4, -0.2) is 40.9 Å². The minimum Gasteiger partial charge on any atom is -0.338 e. The third-order valence-electron chi connectivity index (χ3n) is 4.74. The van der Waals surface area contributed by atoms with Crippen LogP contribution in [0.2, 0.25) is 13.1 Å². The number of aromatic nitrogens is 2. The van der Waals surface area contributed by atoms with Crippen molar-refractivity contribution in [2.24, 2.45) is 7.05 Å². The van der Waals surface area contributed by atoms with Crippen LogP contribution in [-0.2, 0) is 7.05 Å². The van der Waals surface area contributed by atoms with E-state index in [0.717, 1.165) is 17.5 Å². The summed E-state index contributed by atoms with van der Waals surface area (Å²) in [5.74, 6) is -0.751. The summed E-state index contributed by atoms with van der Waals surface area (Å²) in [5, 5.41) is 5.37. The number of nitrogens with zero attached hydrogens (tertiary/aromatic N) is 3. The van der Waals surface area contributed by atoms with Crippen LogP contribution >= 0.6 is 0 Å². The summed E-state index contributed by atoms with van der Waals surface area (Å²) in [5.41, 5.74) is 0.590. The van der Waals surface area contributed by atoms with Crippen molar-refractivity contribution in [1.29, 1.82) is 0 Å². The van der Waals surface area contributed by atoms with Crippen LogP contribution < -0.4 is 5.19 Å². The van der Waals surface area contributed by atoms with Crippen molar-refractivity contribution in [3.63, 3.8) is 0 Å². The molecule has 2 aromatic rings. The Balaban J connectivity index is 1.89. The molecule has 1 fully saturated rings. The standard InChI is InChI=1S/C18H24FN3OSi/c1-13-16(17(19)21(2)20-13)18(23)22(14-10-11-14)12-24(3,4)15-8-6-5-7-9-15/h5-9,14H,10-12H2,1-4H3. The first-order valence-electron chi connectivity index (χ1n) is 8.37. The third-order valence-corrected chi connectivity index (χ3v) is 7.76. The first-order chi connectivity index (χ1) is 11.3. The van der Waals surface area contributed by atoms with Gasteiger partial charge in [0.1, 0.15) is 13.6 Å². The molecule has 0 saturated heterocycles. The van der Waals surface area contributed by atoms with Crippen molar-refractivity contribution in [3.8, 4) is 0 Å². The van der Waals surface area contributed by atoms with Crippen LogP contribution in [0.1, 0.15) is 28.9 Å². The first-order valence-corrected chi connectivity index (χ1v) is 11.6. The molecule has 0 aliphatic heterocycles. The maximum Gasteiger partial charge on any atom is 0.260 e. The van der Waals surface area contributed by atoms with Crippen molar-refractivity contribution in [2.75, 3.05) is 6.17 Å². The first kappa shape index (κ1) is 16.9. The fraction of sp³-hybridized carbons (Fsp3) is 0.444. The van der Waals surface area contributed by atoms with Gasteiger partial charge in [-0.25, -0.2) is 4.68 Å². The molecule has 1 heterocycles. The fourth-order valence-corrected chi connectivity index (χ4v) is 5.71. The van der Waals surface area contributed by atoms with E-state index in [0.29, 0.717) is 11.9 Å². The number of hydrogen-bond donors (Lipinski definition) is 0. The predicted molar refractivity (Wildman–Crippen MR) is 95.5 cm³/mol. The van der Waals surface area contributed by atoms with E-state index < -0.39 is 14.0 Å². The molecule has 0 unspecified atom stereocenters. The van der Waals surface area contributed by atoms with E-state index in [4.69, 9.17) is 0 Å². The largest absolute Gasteiger partial charge is 0.338 e. The highest BCUT2D eigenvalue weighted by molar-refractivity contribution is 6.90. The van der Waals surface area contributed by atoms with Gasteiger partial charge in [0.15, 0.2) is 0 Å². The summed E-state index contributed by atoms with van der Waals surface area (Å²) in [7, 11) is -0.302. The second-order valence-corrected chi connectivity index (χ2v) is 12.0. The quantitative estimate of drug-likeness (QED) is 0.782. The molecule has 24 heavy (non-hydrogen) atoms. The van der Waals surface area contributed by atoms with Gasteiger partial charge < -0.3 is 4.90 Å². The van der Waals surface area contributed by atoms with Crippen molar-refractivity contribution < 1.29 is 9.18 Å². The molecule has 1 saturated carbocycles. The SMILES string of the molecule is Cc1nn(C)c(F)c1C(=O)N(C[Si](C)(C)c1ccccc1)C1CC1. The van der Waals surface area contributed by atoms with Gasteiger partial charge in [-0.1, -0.05) is 48.6 Å². The van der Waals surface area contributed by atoms with E-state index in [9.17, 15) is 9.18 Å². The highest BCUT2D eigenvalue weighted by Gasteiger charge is 2.39. The molecule has 3 rings (SSSR count). The molecule has 128 valence electrons. The summed E-state index contributed by atoms with van der Waals surface area (Å²) in [6.07, 6.45) is 2.71. The second kappa shape index (κ2) is 6.16. The molecule has 1 aliphatic rings. The van der Waals surface area contributed by atoms with E-state index in [-0.39, 0.29) is 17.5 Å². The monoisotopic (exact) mass is 345 g/mol. The number of aryl methyl sites for hydroxylation is 2. The lowest BCUT2D eigenvalue weighted by Gasteiger charge is -2.32. The molecular formula is C18H24FN3OSi. The molecular weight excluding hydrogens is 321 g/mol. The number of carbonyl (C=O) groups is 1. The average Bonchev–Trinajstić information content (AvgIpc) is 3.34. The Morgan fingerprint density at radius 2 is 1.96 bits per heavy atom. The third kappa shape index (κ3) is 3.15. The molecule has 0 spiro atoms. The molecule has 1 aromatic carbocycles. The lowest BCUT2D eigenvalue weighted by Crippen LogP contribution is -2.54. The van der Waals surface area contributed by atoms with Crippen LogP contribution in [0, 0.1) is 12.9 Å². The average molecular weight is 345 g/mol. The van der Waals surface area contributed by atoms with E-state index in [1.54, 1.807) is 6.92 Å². The molecule has 4 nitrogen and oxygen atoms in total. The maximum atomic E-state index is 14.3. The summed E-state index contributed by atoms with van der Waals surface area (Å²) >= 11 is 0. The molecule has 1 aliphatic carbocycles. The number of halogens is 1. The summed E-state index contributed by atoms with van der Waals surface area (Å²) in [4.78, 5) is 14.9. The number of benzene rings is 1. The number of carbonyl (C=O) groups excluding carboxylic acids is 1. The Hall–Kier alpha value is -1.95. The Morgan fingerprint density at radius 1 is 1.33 bits per heavy atom. The van der Waals surface area contributed by atoms with Gasteiger partial charge in [0.2, 0.25) is 5.95 Å². The Bertz CT molecular complexity index is 753. The van der Waals surface area contributed by atoms with E-state index in [1.165, 1.54) is 12.2 Å². The van der Waals surface area contributed by atoms with Crippen LogP contribution in [0.15, 0.2) is 30.3 Å². The predicted octanol–water partition coefficient (Wildman–Crippen LogP) is 2.63. The Morgan fingerprint density at radius 3 is 2.46 bits per heavy atom. The van der Waals surface area contributed by atoms with E-state index in [1.807, 2.05) is 23.1 Å². The number of amides is 1. The normalized spacial score (nSPS) is 14.7. The van der Waals surface area contributed by atoms with Gasteiger partial charge in [0.25, 0.3) is 5.91 Å². The fourth-order valence-electron chi connectivity index (χ4n) is 3.18. The number of hydrogen-bond acceptors (Lipinski definition) is 2. The minimum atomic E-state index is -1.83. The van der Waals surface area contributed by atoms with Gasteiger partial charge in [-0.05, 0) is 19.8 Å². The van der Waals surface area contributed by atoms with Crippen LogP contribution in [0.3, 0.4) is 0 Å². The lowest BCUT2D eigenvalue weighted by atomic mass is 10.2. The molecule has 0 atom stereocenters. The van der Waals surface area contributed by atoms with Gasteiger partial charge in [0, 0.05) is 19.3 Å².